The Bertz CT molecular complexity index is 793. The van der Waals surface area contributed by atoms with E-state index in [1.807, 2.05) is 42.7 Å². The molecule has 2 rings (SSSR count). The minimum Gasteiger partial charge on any atom is -0.507 e. The van der Waals surface area contributed by atoms with Crippen LogP contribution in [0.5, 0.6) is 11.5 Å². The van der Waals surface area contributed by atoms with Crippen molar-refractivity contribution in [1.82, 2.24) is 9.80 Å². The largest absolute Gasteiger partial charge is 0.507 e. The minimum absolute atomic E-state index is 0.255. The fraction of sp³-hybridized carbons (Fsp3) is 0.409. The fourth-order valence-electron chi connectivity index (χ4n) is 2.93. The zero-order valence-corrected chi connectivity index (χ0v) is 18.3. The van der Waals surface area contributed by atoms with Crippen LogP contribution in [-0.4, -0.2) is 68.7 Å². The van der Waals surface area contributed by atoms with Gasteiger partial charge < -0.3 is 19.6 Å². The van der Waals surface area contributed by atoms with E-state index in [-0.39, 0.29) is 5.75 Å². The fourth-order valence-corrected chi connectivity index (χ4v) is 3.47. The van der Waals surface area contributed by atoms with Crippen LogP contribution in [0.15, 0.2) is 46.3 Å². The van der Waals surface area contributed by atoms with Gasteiger partial charge in [-0.2, -0.15) is 0 Å². The minimum atomic E-state index is 0.255. The number of aromatic hydroxyl groups is 1. The number of methoxy groups -OCH3 is 1. The zero-order chi connectivity index (χ0) is 20.5. The van der Waals surface area contributed by atoms with Crippen LogP contribution in [-0.2, 0) is 6.54 Å². The molecule has 0 aliphatic rings. The number of para-hydroxylation sites is 1. The standard InChI is InChI=1S/C22H31N3O2S/c1-24(2)11-8-12-25(3)16-18-14-19(27-4)13-17(22(18)26)15-23-20-9-6-7-10-21(20)28-5/h6-7,9-10,13-15,26H,8,11-12,16H2,1-5H3. The molecule has 0 atom stereocenters. The second kappa shape index (κ2) is 11.1. The van der Waals surface area contributed by atoms with E-state index in [0.29, 0.717) is 17.9 Å². The second-order valence-corrected chi connectivity index (χ2v) is 7.90. The van der Waals surface area contributed by atoms with Crippen molar-refractivity contribution >= 4 is 23.7 Å². The number of hydrogen-bond acceptors (Lipinski definition) is 6. The van der Waals surface area contributed by atoms with Crippen LogP contribution in [0.4, 0.5) is 5.69 Å². The predicted octanol–water partition coefficient (Wildman–Crippen LogP) is 4.26. The van der Waals surface area contributed by atoms with Crippen LogP contribution in [0, 0.1) is 0 Å². The molecule has 152 valence electrons. The molecule has 0 saturated heterocycles. The van der Waals surface area contributed by atoms with E-state index in [1.165, 1.54) is 0 Å². The Balaban J connectivity index is 2.21. The first-order valence-electron chi connectivity index (χ1n) is 9.34. The molecule has 0 radical (unpaired) electrons. The van der Waals surface area contributed by atoms with Crippen LogP contribution in [0.2, 0.25) is 0 Å². The van der Waals surface area contributed by atoms with Gasteiger partial charge in [-0.05, 0) is 71.2 Å². The van der Waals surface area contributed by atoms with Gasteiger partial charge in [0.05, 0.1) is 12.8 Å². The molecule has 0 saturated carbocycles. The average Bonchev–Trinajstić information content (AvgIpc) is 2.68. The van der Waals surface area contributed by atoms with Crippen molar-refractivity contribution in [3.63, 3.8) is 0 Å². The molecule has 5 nitrogen and oxygen atoms in total. The maximum Gasteiger partial charge on any atom is 0.129 e. The SMILES string of the molecule is COc1cc(C=Nc2ccccc2SC)c(O)c(CN(C)CCCN(C)C)c1. The summed E-state index contributed by atoms with van der Waals surface area (Å²) >= 11 is 1.65. The zero-order valence-electron chi connectivity index (χ0n) is 17.5. The van der Waals surface area contributed by atoms with Crippen molar-refractivity contribution in [2.24, 2.45) is 4.99 Å². The first kappa shape index (κ1) is 22.3. The average molecular weight is 402 g/mol. The lowest BCUT2D eigenvalue weighted by Gasteiger charge is -2.20. The van der Waals surface area contributed by atoms with Crippen LogP contribution >= 0.6 is 11.8 Å². The monoisotopic (exact) mass is 401 g/mol. The molecular formula is C22H31N3O2S. The Morgan fingerprint density at radius 1 is 1.14 bits per heavy atom. The quantitative estimate of drug-likeness (QED) is 0.476. The van der Waals surface area contributed by atoms with Gasteiger partial charge in [-0.3, -0.25) is 4.99 Å². The molecule has 0 unspecified atom stereocenters. The van der Waals surface area contributed by atoms with Crippen molar-refractivity contribution in [3.8, 4) is 11.5 Å². The van der Waals surface area contributed by atoms with Crippen LogP contribution < -0.4 is 4.74 Å². The van der Waals surface area contributed by atoms with E-state index >= 15 is 0 Å². The summed E-state index contributed by atoms with van der Waals surface area (Å²) in [6.45, 7) is 2.65. The van der Waals surface area contributed by atoms with Crippen molar-refractivity contribution in [1.29, 1.82) is 0 Å². The predicted molar refractivity (Wildman–Crippen MR) is 120 cm³/mol. The summed E-state index contributed by atoms with van der Waals surface area (Å²) in [6.07, 6.45) is 4.82. The number of phenolic OH excluding ortho intramolecular Hbond substituents is 1. The van der Waals surface area contributed by atoms with E-state index in [2.05, 4.69) is 35.9 Å². The molecule has 0 aliphatic heterocycles. The summed E-state index contributed by atoms with van der Waals surface area (Å²) in [5.74, 6) is 0.972. The summed E-state index contributed by atoms with van der Waals surface area (Å²) < 4.78 is 5.44. The lowest BCUT2D eigenvalue weighted by molar-refractivity contribution is 0.290. The van der Waals surface area contributed by atoms with E-state index < -0.39 is 0 Å². The van der Waals surface area contributed by atoms with Gasteiger partial charge in [0.2, 0.25) is 0 Å². The third-order valence-corrected chi connectivity index (χ3v) is 5.23. The Labute approximate surface area is 173 Å². The second-order valence-electron chi connectivity index (χ2n) is 7.05. The Kier molecular flexibility index (Phi) is 8.83. The Hall–Kier alpha value is -2.02. The van der Waals surface area contributed by atoms with Gasteiger partial charge in [0, 0.05) is 28.8 Å². The van der Waals surface area contributed by atoms with Gasteiger partial charge >= 0.3 is 0 Å². The lowest BCUT2D eigenvalue weighted by Crippen LogP contribution is -2.23. The van der Waals surface area contributed by atoms with E-state index in [1.54, 1.807) is 25.1 Å². The lowest BCUT2D eigenvalue weighted by atomic mass is 10.1. The first-order valence-corrected chi connectivity index (χ1v) is 10.6. The number of aliphatic imine (C=N–C) groups is 1. The maximum absolute atomic E-state index is 10.8. The normalized spacial score (nSPS) is 11.7. The molecule has 1 N–H and O–H groups in total. The highest BCUT2D eigenvalue weighted by atomic mass is 32.2. The van der Waals surface area contributed by atoms with Gasteiger partial charge in [-0.1, -0.05) is 12.1 Å². The van der Waals surface area contributed by atoms with Gasteiger partial charge in [0.25, 0.3) is 0 Å². The molecular weight excluding hydrogens is 370 g/mol. The summed E-state index contributed by atoms with van der Waals surface area (Å²) in [4.78, 5) is 10.1. The van der Waals surface area contributed by atoms with Crippen molar-refractivity contribution in [3.05, 3.63) is 47.5 Å². The van der Waals surface area contributed by atoms with E-state index in [4.69, 9.17) is 4.74 Å². The molecule has 2 aromatic carbocycles. The highest BCUT2D eigenvalue weighted by Crippen LogP contribution is 2.31. The van der Waals surface area contributed by atoms with Crippen LogP contribution in [0.3, 0.4) is 0 Å². The van der Waals surface area contributed by atoms with E-state index in [9.17, 15) is 5.11 Å². The molecule has 0 amide bonds. The first-order chi connectivity index (χ1) is 13.4. The number of rotatable bonds is 10. The highest BCUT2D eigenvalue weighted by molar-refractivity contribution is 7.98. The van der Waals surface area contributed by atoms with E-state index in [0.717, 1.165) is 35.7 Å². The van der Waals surface area contributed by atoms with Crippen LogP contribution in [0.1, 0.15) is 17.5 Å². The molecule has 0 bridgehead atoms. The molecule has 2 aromatic rings. The highest BCUT2D eigenvalue weighted by Gasteiger charge is 2.12. The van der Waals surface area contributed by atoms with Gasteiger partial charge in [-0.25, -0.2) is 0 Å². The smallest absolute Gasteiger partial charge is 0.129 e. The van der Waals surface area contributed by atoms with Crippen LogP contribution in [0.25, 0.3) is 0 Å². The number of hydrogen-bond donors (Lipinski definition) is 1. The number of thioether (sulfide) groups is 1. The summed E-state index contributed by atoms with van der Waals surface area (Å²) in [5.41, 5.74) is 2.39. The molecule has 0 spiro atoms. The molecule has 0 fully saturated rings. The van der Waals surface area contributed by atoms with Gasteiger partial charge in [-0.15, -0.1) is 11.8 Å². The molecule has 0 aliphatic carbocycles. The van der Waals surface area contributed by atoms with Crippen molar-refractivity contribution in [2.75, 3.05) is 47.6 Å². The maximum atomic E-state index is 10.8. The number of ether oxygens (including phenoxy) is 1. The molecule has 28 heavy (non-hydrogen) atoms. The number of phenols is 1. The molecule has 0 aromatic heterocycles. The molecule has 0 heterocycles. The van der Waals surface area contributed by atoms with Gasteiger partial charge in [0.1, 0.15) is 11.5 Å². The molecule has 6 heteroatoms. The third kappa shape index (κ3) is 6.55. The summed E-state index contributed by atoms with van der Waals surface area (Å²) in [5, 5.41) is 10.8. The Morgan fingerprint density at radius 3 is 2.57 bits per heavy atom. The Morgan fingerprint density at radius 2 is 1.89 bits per heavy atom. The van der Waals surface area contributed by atoms with Gasteiger partial charge in [0.15, 0.2) is 0 Å². The van der Waals surface area contributed by atoms with Crippen molar-refractivity contribution < 1.29 is 9.84 Å². The summed E-state index contributed by atoms with van der Waals surface area (Å²) in [7, 11) is 7.86. The third-order valence-electron chi connectivity index (χ3n) is 4.44. The summed E-state index contributed by atoms with van der Waals surface area (Å²) in [6, 6.07) is 11.7. The van der Waals surface area contributed by atoms with Crippen molar-refractivity contribution in [2.45, 2.75) is 17.9 Å². The number of benzene rings is 2. The topological polar surface area (TPSA) is 48.3 Å². The number of nitrogens with zero attached hydrogens (tertiary/aromatic N) is 3.